The first kappa shape index (κ1) is 31.1. The molecule has 3 amide bonds. The van der Waals surface area contributed by atoms with Crippen LogP contribution in [0.1, 0.15) is 67.0 Å². The molecular weight excluding hydrogens is 543 g/mol. The summed E-state index contributed by atoms with van der Waals surface area (Å²) in [5, 5.41) is 13.5. The van der Waals surface area contributed by atoms with Crippen LogP contribution in [0.2, 0.25) is 0 Å². The van der Waals surface area contributed by atoms with Crippen LogP contribution in [0.4, 0.5) is 4.39 Å². The van der Waals surface area contributed by atoms with Crippen LogP contribution in [0.3, 0.4) is 0 Å². The van der Waals surface area contributed by atoms with Gasteiger partial charge in [-0.3, -0.25) is 23.7 Å². The minimum absolute atomic E-state index is 0.165. The van der Waals surface area contributed by atoms with Crippen molar-refractivity contribution in [1.82, 2.24) is 29.6 Å². The van der Waals surface area contributed by atoms with E-state index in [1.54, 1.807) is 19.1 Å². The number of nitrogens with one attached hydrogen (secondary N) is 1. The number of carbonyl (C=O) groups excluding carboxylic acids is 3. The van der Waals surface area contributed by atoms with Crippen molar-refractivity contribution in [2.24, 2.45) is 5.41 Å². The maximum Gasteiger partial charge on any atom is 0.312 e. The molecule has 11 nitrogen and oxygen atoms in total. The predicted molar refractivity (Wildman–Crippen MR) is 154 cm³/mol. The molecule has 1 aromatic carbocycles. The van der Waals surface area contributed by atoms with Gasteiger partial charge in [-0.15, -0.1) is 0 Å². The number of nitrogens with zero attached hydrogens (tertiary/aromatic N) is 5. The molecule has 1 fully saturated rings. The summed E-state index contributed by atoms with van der Waals surface area (Å²) in [6.07, 6.45) is 2.14. The second-order valence-corrected chi connectivity index (χ2v) is 11.8. The van der Waals surface area contributed by atoms with Crippen LogP contribution in [0.5, 0.6) is 5.75 Å². The molecule has 2 bridgehead atoms. The van der Waals surface area contributed by atoms with Crippen molar-refractivity contribution in [2.75, 3.05) is 40.8 Å². The first-order valence-electron chi connectivity index (χ1n) is 14.4. The van der Waals surface area contributed by atoms with Gasteiger partial charge in [-0.05, 0) is 51.3 Å². The van der Waals surface area contributed by atoms with E-state index in [9.17, 15) is 28.7 Å². The number of halogens is 1. The Kier molecular flexibility index (Phi) is 8.77. The molecule has 0 spiro atoms. The molecule has 12 heteroatoms. The van der Waals surface area contributed by atoms with E-state index in [1.807, 2.05) is 0 Å². The topological polar surface area (TPSA) is 128 Å². The van der Waals surface area contributed by atoms with Crippen molar-refractivity contribution in [1.29, 1.82) is 0 Å². The Morgan fingerprint density at radius 2 is 1.71 bits per heavy atom. The van der Waals surface area contributed by atoms with Crippen molar-refractivity contribution >= 4 is 17.7 Å². The highest BCUT2D eigenvalue weighted by Gasteiger charge is 2.54. The average Bonchev–Trinajstić information content (AvgIpc) is 3.21. The number of hydrogen-bond donors (Lipinski definition) is 2. The Bertz CT molecular complexity index is 1440. The van der Waals surface area contributed by atoms with E-state index in [1.165, 1.54) is 41.6 Å². The van der Waals surface area contributed by atoms with Crippen molar-refractivity contribution in [3.8, 4) is 5.75 Å². The summed E-state index contributed by atoms with van der Waals surface area (Å²) < 4.78 is 15.9. The zero-order chi connectivity index (χ0) is 31.0. The zero-order valence-electron chi connectivity index (χ0n) is 25.3. The highest BCUT2D eigenvalue weighted by Crippen LogP contribution is 2.52. The first-order chi connectivity index (χ1) is 19.8. The van der Waals surface area contributed by atoms with E-state index in [0.29, 0.717) is 37.8 Å². The van der Waals surface area contributed by atoms with Crippen LogP contribution in [-0.2, 0) is 28.2 Å². The van der Waals surface area contributed by atoms with Crippen LogP contribution in [0, 0.1) is 18.2 Å². The lowest BCUT2D eigenvalue weighted by atomic mass is 9.67. The molecule has 0 atom stereocenters. The van der Waals surface area contributed by atoms with Crippen LogP contribution >= 0.6 is 0 Å². The molecule has 0 radical (unpaired) electrons. The van der Waals surface area contributed by atoms with Crippen molar-refractivity contribution in [2.45, 2.75) is 65.1 Å². The largest absolute Gasteiger partial charge is 0.501 e. The van der Waals surface area contributed by atoms with Gasteiger partial charge in [0.25, 0.3) is 11.5 Å². The van der Waals surface area contributed by atoms with Gasteiger partial charge in [0, 0.05) is 51.8 Å². The fourth-order valence-electron chi connectivity index (χ4n) is 6.36. The highest BCUT2D eigenvalue weighted by atomic mass is 19.1. The molecule has 3 heterocycles. The second-order valence-electron chi connectivity index (χ2n) is 11.8. The number of aromatic nitrogens is 2. The van der Waals surface area contributed by atoms with Crippen molar-refractivity contribution < 1.29 is 23.9 Å². The Hall–Kier alpha value is -3.80. The van der Waals surface area contributed by atoms with Gasteiger partial charge in [-0.25, -0.2) is 9.37 Å². The standard InChI is InChI=1S/C30H41FN6O5/c1-7-36(8-2)17-29-12-14-30(15-13-29,35(6)27(42)26(41)34(4)5)28-33-22(23(38)25(40)37(28)18-29)24(39)32-16-20-11-9-10-19(3)21(20)31/h9-11,38H,7-8,12-18H2,1-6H3,(H,32,39). The van der Waals surface area contributed by atoms with Crippen LogP contribution in [0.25, 0.3) is 0 Å². The Labute approximate surface area is 245 Å². The number of rotatable bonds is 8. The molecule has 1 saturated carbocycles. The molecule has 3 aliphatic rings. The lowest BCUT2D eigenvalue weighted by Crippen LogP contribution is -2.55. The maximum absolute atomic E-state index is 14.5. The van der Waals surface area contributed by atoms with Gasteiger partial charge in [0.1, 0.15) is 17.2 Å². The molecule has 0 saturated heterocycles. The number of aryl methyl sites for hydroxylation is 1. The minimum atomic E-state index is -1.16. The molecule has 0 unspecified atom stereocenters. The smallest absolute Gasteiger partial charge is 0.312 e. The summed E-state index contributed by atoms with van der Waals surface area (Å²) >= 11 is 0. The minimum Gasteiger partial charge on any atom is -0.501 e. The lowest BCUT2D eigenvalue weighted by Gasteiger charge is -2.47. The predicted octanol–water partition coefficient (Wildman–Crippen LogP) is 1.98. The zero-order valence-corrected chi connectivity index (χ0v) is 25.3. The van der Waals surface area contributed by atoms with E-state index in [0.717, 1.165) is 13.1 Å². The maximum atomic E-state index is 14.5. The van der Waals surface area contributed by atoms with Gasteiger partial charge in [-0.1, -0.05) is 32.0 Å². The van der Waals surface area contributed by atoms with Crippen LogP contribution in [0.15, 0.2) is 23.0 Å². The number of aromatic hydroxyl groups is 1. The third-order valence-electron chi connectivity index (χ3n) is 9.11. The summed E-state index contributed by atoms with van der Waals surface area (Å²) in [4.78, 5) is 62.6. The van der Waals surface area contributed by atoms with Gasteiger partial charge in [0.2, 0.25) is 5.75 Å². The van der Waals surface area contributed by atoms with Gasteiger partial charge in [0.05, 0.1) is 0 Å². The molecule has 42 heavy (non-hydrogen) atoms. The summed E-state index contributed by atoms with van der Waals surface area (Å²) in [5.74, 6) is -3.43. The van der Waals surface area contributed by atoms with E-state index < -0.39 is 46.1 Å². The van der Waals surface area contributed by atoms with Crippen molar-refractivity contribution in [3.05, 3.63) is 57.0 Å². The molecule has 228 valence electrons. The number of fused-ring (bicyclic) bond motifs is 2. The molecule has 2 aliphatic heterocycles. The fraction of sp³-hybridized carbons (Fsp3) is 0.567. The van der Waals surface area contributed by atoms with E-state index in [-0.39, 0.29) is 29.9 Å². The molecular formula is C30H41FN6O5. The monoisotopic (exact) mass is 584 g/mol. The molecule has 1 aliphatic carbocycles. The Morgan fingerprint density at radius 3 is 2.31 bits per heavy atom. The molecule has 2 aromatic rings. The van der Waals surface area contributed by atoms with Crippen molar-refractivity contribution in [3.63, 3.8) is 0 Å². The lowest BCUT2D eigenvalue weighted by molar-refractivity contribution is -0.155. The number of benzene rings is 1. The first-order valence-corrected chi connectivity index (χ1v) is 14.4. The van der Waals surface area contributed by atoms with E-state index in [2.05, 4.69) is 29.0 Å². The Balaban J connectivity index is 1.81. The van der Waals surface area contributed by atoms with Crippen LogP contribution < -0.4 is 10.9 Å². The van der Waals surface area contributed by atoms with E-state index in [4.69, 9.17) is 0 Å². The number of carbonyl (C=O) groups is 3. The number of hydrogen-bond acceptors (Lipinski definition) is 7. The molecule has 5 rings (SSSR count). The van der Waals surface area contributed by atoms with Gasteiger partial charge in [0.15, 0.2) is 5.69 Å². The summed E-state index contributed by atoms with van der Waals surface area (Å²) in [6.45, 7) is 8.19. The summed E-state index contributed by atoms with van der Waals surface area (Å²) in [7, 11) is 4.50. The number of amides is 3. The normalized spacial score (nSPS) is 21.0. The van der Waals surface area contributed by atoms with Crippen LogP contribution in [-0.4, -0.2) is 87.9 Å². The SMILES string of the molecule is CCN(CC)CC12CCC(N(C)C(=O)C(=O)N(C)C)(CC1)c1nc(C(=O)NCc3cccc(C)c3F)c(O)c(=O)n1C2. The highest BCUT2D eigenvalue weighted by molar-refractivity contribution is 6.34. The number of likely N-dealkylation sites (N-methyl/N-ethyl adjacent to an activating group) is 2. The summed E-state index contributed by atoms with van der Waals surface area (Å²) in [6, 6.07) is 4.81. The quantitative estimate of drug-likeness (QED) is 0.454. The molecule has 1 aromatic heterocycles. The third-order valence-corrected chi connectivity index (χ3v) is 9.11. The fourth-order valence-corrected chi connectivity index (χ4v) is 6.36. The van der Waals surface area contributed by atoms with Gasteiger partial charge < -0.3 is 25.1 Å². The average molecular weight is 585 g/mol. The second kappa shape index (κ2) is 11.8. The van der Waals surface area contributed by atoms with Gasteiger partial charge >= 0.3 is 11.8 Å². The Morgan fingerprint density at radius 1 is 1.07 bits per heavy atom. The summed E-state index contributed by atoms with van der Waals surface area (Å²) in [5.41, 5.74) is -2.11. The molecule has 2 N–H and O–H groups in total. The van der Waals surface area contributed by atoms with Gasteiger partial charge in [-0.2, -0.15) is 0 Å². The third kappa shape index (κ3) is 5.39. The van der Waals surface area contributed by atoms with E-state index >= 15 is 0 Å².